The summed E-state index contributed by atoms with van der Waals surface area (Å²) in [5.41, 5.74) is 1.34. The van der Waals surface area contributed by atoms with Gasteiger partial charge in [0.05, 0.1) is 18.4 Å². The summed E-state index contributed by atoms with van der Waals surface area (Å²) in [6.45, 7) is 0.237. The first-order valence-corrected chi connectivity index (χ1v) is 9.62. The van der Waals surface area contributed by atoms with E-state index in [1.807, 2.05) is 30.3 Å². The molecule has 0 saturated heterocycles. The van der Waals surface area contributed by atoms with Gasteiger partial charge in [-0.2, -0.15) is 0 Å². The minimum atomic E-state index is -0.754. The number of halogens is 2. The lowest BCUT2D eigenvalue weighted by atomic mass is 10.1. The standard InChI is InChI=1S/C22H16F2N2O2S/c1-28-17-9-5-8-15(10-17)21(27)26(13-14-6-3-2-4-7-14)22-25-20-18(24)11-16(23)12-19(20)29-22/h2-12H,13H2,1H3. The maximum atomic E-state index is 14.2. The molecule has 4 nitrogen and oxygen atoms in total. The lowest BCUT2D eigenvalue weighted by Gasteiger charge is -2.20. The van der Waals surface area contributed by atoms with Crippen LogP contribution in [0.3, 0.4) is 0 Å². The molecule has 0 saturated carbocycles. The first-order valence-electron chi connectivity index (χ1n) is 8.80. The summed E-state index contributed by atoms with van der Waals surface area (Å²) >= 11 is 1.07. The Morgan fingerprint density at radius 2 is 1.86 bits per heavy atom. The maximum absolute atomic E-state index is 14.2. The monoisotopic (exact) mass is 410 g/mol. The van der Waals surface area contributed by atoms with E-state index in [0.29, 0.717) is 21.1 Å². The average molecular weight is 410 g/mol. The highest BCUT2D eigenvalue weighted by Gasteiger charge is 2.23. The highest BCUT2D eigenvalue weighted by atomic mass is 32.1. The summed E-state index contributed by atoms with van der Waals surface area (Å²) in [6.07, 6.45) is 0. The smallest absolute Gasteiger partial charge is 0.260 e. The molecule has 29 heavy (non-hydrogen) atoms. The molecule has 0 aliphatic carbocycles. The minimum Gasteiger partial charge on any atom is -0.497 e. The van der Waals surface area contributed by atoms with Crippen LogP contribution in [0.2, 0.25) is 0 Å². The molecule has 4 aromatic rings. The van der Waals surface area contributed by atoms with Crippen molar-refractivity contribution in [1.82, 2.24) is 4.98 Å². The van der Waals surface area contributed by atoms with Crippen LogP contribution < -0.4 is 9.64 Å². The molecule has 3 aromatic carbocycles. The van der Waals surface area contributed by atoms with Crippen molar-refractivity contribution in [2.75, 3.05) is 12.0 Å². The lowest BCUT2D eigenvalue weighted by Crippen LogP contribution is -2.30. The molecule has 4 rings (SSSR count). The summed E-state index contributed by atoms with van der Waals surface area (Å²) in [4.78, 5) is 19.1. The van der Waals surface area contributed by atoms with E-state index < -0.39 is 11.6 Å². The molecule has 0 unspecified atom stereocenters. The Kier molecular flexibility index (Phi) is 5.22. The molecular weight excluding hydrogens is 394 g/mol. The van der Waals surface area contributed by atoms with Gasteiger partial charge < -0.3 is 4.74 Å². The molecule has 7 heteroatoms. The van der Waals surface area contributed by atoms with Gasteiger partial charge in [0, 0.05) is 11.6 Å². The molecule has 0 bridgehead atoms. The number of hydrogen-bond acceptors (Lipinski definition) is 4. The highest BCUT2D eigenvalue weighted by Crippen LogP contribution is 2.33. The number of benzene rings is 3. The number of nitrogens with zero attached hydrogens (tertiary/aromatic N) is 2. The third-order valence-corrected chi connectivity index (χ3v) is 5.40. The molecule has 0 spiro atoms. The Hall–Kier alpha value is -3.32. The second kappa shape index (κ2) is 7.97. The van der Waals surface area contributed by atoms with Crippen LogP contribution in [0.4, 0.5) is 13.9 Å². The van der Waals surface area contributed by atoms with E-state index in [1.54, 1.807) is 24.3 Å². The summed E-state index contributed by atoms with van der Waals surface area (Å²) in [6, 6.07) is 18.2. The van der Waals surface area contributed by atoms with Crippen LogP contribution in [0.5, 0.6) is 5.75 Å². The van der Waals surface area contributed by atoms with E-state index in [-0.39, 0.29) is 18.0 Å². The minimum absolute atomic E-state index is 0.0444. The third-order valence-electron chi connectivity index (χ3n) is 4.38. The SMILES string of the molecule is COc1cccc(C(=O)N(Cc2ccccc2)c2nc3c(F)cc(F)cc3s2)c1. The molecule has 0 atom stereocenters. The van der Waals surface area contributed by atoms with Crippen molar-refractivity contribution >= 4 is 32.6 Å². The van der Waals surface area contributed by atoms with E-state index in [0.717, 1.165) is 23.0 Å². The van der Waals surface area contributed by atoms with Crippen molar-refractivity contribution in [3.05, 3.63) is 89.5 Å². The first kappa shape index (κ1) is 19.0. The van der Waals surface area contributed by atoms with Crippen LogP contribution in [0.25, 0.3) is 10.2 Å². The van der Waals surface area contributed by atoms with Gasteiger partial charge in [-0.05, 0) is 29.8 Å². The van der Waals surface area contributed by atoms with Gasteiger partial charge in [0.25, 0.3) is 5.91 Å². The largest absolute Gasteiger partial charge is 0.497 e. The molecule has 0 aliphatic rings. The topological polar surface area (TPSA) is 42.4 Å². The van der Waals surface area contributed by atoms with Crippen LogP contribution in [-0.2, 0) is 6.54 Å². The van der Waals surface area contributed by atoms with Gasteiger partial charge in [0.2, 0.25) is 0 Å². The van der Waals surface area contributed by atoms with Crippen LogP contribution in [0, 0.1) is 11.6 Å². The number of hydrogen-bond donors (Lipinski definition) is 0. The Bertz CT molecular complexity index is 1180. The van der Waals surface area contributed by atoms with E-state index in [1.165, 1.54) is 18.1 Å². The fourth-order valence-electron chi connectivity index (χ4n) is 2.97. The van der Waals surface area contributed by atoms with Gasteiger partial charge in [0.1, 0.15) is 17.1 Å². The predicted octanol–water partition coefficient (Wildman–Crippen LogP) is 5.43. The number of carbonyl (C=O) groups is 1. The molecule has 1 aromatic heterocycles. The molecule has 1 heterocycles. The Morgan fingerprint density at radius 3 is 2.62 bits per heavy atom. The van der Waals surface area contributed by atoms with Gasteiger partial charge in [-0.25, -0.2) is 13.8 Å². The van der Waals surface area contributed by atoms with E-state index >= 15 is 0 Å². The fourth-order valence-corrected chi connectivity index (χ4v) is 3.97. The fraction of sp³-hybridized carbons (Fsp3) is 0.0909. The molecule has 0 N–H and O–H groups in total. The molecule has 0 aliphatic heterocycles. The molecular formula is C22H16F2N2O2S. The van der Waals surface area contributed by atoms with Gasteiger partial charge >= 0.3 is 0 Å². The number of anilines is 1. The number of rotatable bonds is 5. The summed E-state index contributed by atoms with van der Waals surface area (Å²) in [7, 11) is 1.52. The zero-order valence-electron chi connectivity index (χ0n) is 15.4. The number of carbonyl (C=O) groups excluding carboxylic acids is 1. The van der Waals surface area contributed by atoms with Gasteiger partial charge in [-0.15, -0.1) is 0 Å². The Morgan fingerprint density at radius 1 is 1.07 bits per heavy atom. The van der Waals surface area contributed by atoms with Crippen molar-refractivity contribution in [3.8, 4) is 5.75 Å². The number of aromatic nitrogens is 1. The zero-order chi connectivity index (χ0) is 20.4. The van der Waals surface area contributed by atoms with Crippen LogP contribution in [-0.4, -0.2) is 18.0 Å². The van der Waals surface area contributed by atoms with Crippen molar-refractivity contribution in [1.29, 1.82) is 0 Å². The van der Waals surface area contributed by atoms with Crippen LogP contribution in [0.1, 0.15) is 15.9 Å². The number of thiazole rings is 1. The number of ether oxygens (including phenoxy) is 1. The predicted molar refractivity (Wildman–Crippen MR) is 109 cm³/mol. The molecule has 146 valence electrons. The highest BCUT2D eigenvalue weighted by molar-refractivity contribution is 7.22. The second-order valence-electron chi connectivity index (χ2n) is 6.34. The van der Waals surface area contributed by atoms with E-state index in [2.05, 4.69) is 4.98 Å². The van der Waals surface area contributed by atoms with Gasteiger partial charge in [-0.1, -0.05) is 47.7 Å². The third kappa shape index (κ3) is 3.95. The van der Waals surface area contributed by atoms with Crippen molar-refractivity contribution in [2.45, 2.75) is 6.54 Å². The quantitative estimate of drug-likeness (QED) is 0.441. The summed E-state index contributed by atoms with van der Waals surface area (Å²) < 4.78 is 33.3. The average Bonchev–Trinajstić information content (AvgIpc) is 3.16. The van der Waals surface area contributed by atoms with Crippen molar-refractivity contribution < 1.29 is 18.3 Å². The zero-order valence-corrected chi connectivity index (χ0v) is 16.2. The number of methoxy groups -OCH3 is 1. The van der Waals surface area contributed by atoms with Crippen molar-refractivity contribution in [2.24, 2.45) is 0 Å². The molecule has 0 radical (unpaired) electrons. The number of amides is 1. The van der Waals surface area contributed by atoms with Gasteiger partial charge in [0.15, 0.2) is 10.9 Å². The van der Waals surface area contributed by atoms with Crippen LogP contribution in [0.15, 0.2) is 66.7 Å². The molecule has 1 amide bonds. The normalized spacial score (nSPS) is 10.9. The Balaban J connectivity index is 1.79. The maximum Gasteiger partial charge on any atom is 0.260 e. The first-order chi connectivity index (χ1) is 14.0. The van der Waals surface area contributed by atoms with E-state index in [9.17, 15) is 13.6 Å². The van der Waals surface area contributed by atoms with E-state index in [4.69, 9.17) is 4.74 Å². The second-order valence-corrected chi connectivity index (χ2v) is 7.35. The lowest BCUT2D eigenvalue weighted by molar-refractivity contribution is 0.0984. The van der Waals surface area contributed by atoms with Crippen molar-refractivity contribution in [3.63, 3.8) is 0 Å². The Labute approximate surface area is 170 Å². The number of fused-ring (bicyclic) bond motifs is 1. The summed E-state index contributed by atoms with van der Waals surface area (Å²) in [5.74, 6) is -1.20. The molecule has 0 fully saturated rings. The summed E-state index contributed by atoms with van der Waals surface area (Å²) in [5, 5.41) is 0.293. The van der Waals surface area contributed by atoms with Gasteiger partial charge in [-0.3, -0.25) is 9.69 Å². The van der Waals surface area contributed by atoms with Crippen LogP contribution >= 0.6 is 11.3 Å².